The third-order valence-corrected chi connectivity index (χ3v) is 7.86. The number of aliphatic imine (C=N–C) groups is 1. The maximum atomic E-state index is 15.7. The van der Waals surface area contributed by atoms with Gasteiger partial charge in [-0.1, -0.05) is 0 Å². The van der Waals surface area contributed by atoms with Gasteiger partial charge in [0.15, 0.2) is 0 Å². The first-order valence-electron chi connectivity index (χ1n) is 13.6. The van der Waals surface area contributed by atoms with E-state index in [1.165, 1.54) is 24.5 Å². The van der Waals surface area contributed by atoms with Crippen LogP contribution in [-0.2, 0) is 14.3 Å². The number of piperazine rings is 1. The molecule has 0 radical (unpaired) electrons. The molecule has 3 atom stereocenters. The molecule has 2 fully saturated rings. The van der Waals surface area contributed by atoms with E-state index in [0.717, 1.165) is 0 Å². The van der Waals surface area contributed by atoms with Gasteiger partial charge in [0.05, 0.1) is 30.2 Å². The van der Waals surface area contributed by atoms with E-state index in [4.69, 9.17) is 4.74 Å². The molecule has 0 bridgehead atoms. The number of nitrogens with zero attached hydrogens (tertiary/aromatic N) is 6. The fraction of sp³-hybridized carbons (Fsp3) is 0.464. The molecule has 3 aliphatic rings. The first kappa shape index (κ1) is 29.6. The average molecular weight is 590 g/mol. The highest BCUT2D eigenvalue weighted by Gasteiger charge is 2.43. The van der Waals surface area contributed by atoms with E-state index in [0.29, 0.717) is 68.9 Å². The van der Waals surface area contributed by atoms with Crippen LogP contribution < -0.4 is 15.1 Å². The van der Waals surface area contributed by atoms with Crippen LogP contribution in [0.1, 0.15) is 13.8 Å². The number of alkyl halides is 3. The fourth-order valence-corrected chi connectivity index (χ4v) is 5.30. The van der Waals surface area contributed by atoms with Crippen molar-refractivity contribution in [2.24, 2.45) is 10.9 Å². The summed E-state index contributed by atoms with van der Waals surface area (Å²) < 4.78 is 62.2. The third-order valence-electron chi connectivity index (χ3n) is 7.86. The summed E-state index contributed by atoms with van der Waals surface area (Å²) in [5.74, 6) is -4.15. The Labute approximate surface area is 240 Å². The monoisotopic (exact) mass is 589 g/mol. The first-order chi connectivity index (χ1) is 19.9. The van der Waals surface area contributed by atoms with Gasteiger partial charge in [0.1, 0.15) is 11.7 Å². The van der Waals surface area contributed by atoms with Gasteiger partial charge in [-0.15, -0.1) is 0 Å². The number of ether oxygens (including phenoxy) is 1. The molecule has 0 spiro atoms. The van der Waals surface area contributed by atoms with Crippen molar-refractivity contribution in [3.8, 4) is 11.1 Å². The summed E-state index contributed by atoms with van der Waals surface area (Å²) in [4.78, 5) is 43.0. The van der Waals surface area contributed by atoms with Crippen LogP contribution in [0.25, 0.3) is 11.1 Å². The number of carbonyl (C=O) groups excluding carboxylic acids is 2. The van der Waals surface area contributed by atoms with Gasteiger partial charge < -0.3 is 19.9 Å². The molecule has 10 nitrogen and oxygen atoms in total. The maximum Gasteiger partial charge on any atom is 0.414 e. The molecule has 14 heteroatoms. The van der Waals surface area contributed by atoms with Gasteiger partial charge in [-0.05, 0) is 33.0 Å². The number of carbonyl (C=O) groups is 2. The molecule has 224 valence electrons. The van der Waals surface area contributed by atoms with E-state index in [1.54, 1.807) is 0 Å². The topological polar surface area (TPSA) is 103 Å². The number of hydrogen-bond acceptors (Lipinski definition) is 8. The van der Waals surface area contributed by atoms with Crippen molar-refractivity contribution >= 4 is 35.4 Å². The SMILES string of the molecule is C[C@@H]1CN(c2cc(F)c(-c3cnc(N4CCOCC4)nc3)cc2NC(=O)C2C=NC(=O)C=C2C(F)(F)F)C[C@H](C)N1C. The summed E-state index contributed by atoms with van der Waals surface area (Å²) in [6.07, 6.45) is -0.999. The summed E-state index contributed by atoms with van der Waals surface area (Å²) >= 11 is 0. The quantitative estimate of drug-likeness (QED) is 0.531. The largest absolute Gasteiger partial charge is 0.414 e. The van der Waals surface area contributed by atoms with Crippen LogP contribution in [0.4, 0.5) is 34.9 Å². The lowest BCUT2D eigenvalue weighted by molar-refractivity contribution is -0.124. The number of dihydropyridines is 1. The Kier molecular flexibility index (Phi) is 8.28. The van der Waals surface area contributed by atoms with Crippen LogP contribution in [0.15, 0.2) is 41.2 Å². The molecule has 1 aromatic heterocycles. The van der Waals surface area contributed by atoms with Gasteiger partial charge in [-0.3, -0.25) is 14.5 Å². The smallest absolute Gasteiger partial charge is 0.378 e. The number of nitrogens with one attached hydrogen (secondary N) is 1. The zero-order chi connectivity index (χ0) is 30.2. The van der Waals surface area contributed by atoms with E-state index >= 15 is 4.39 Å². The van der Waals surface area contributed by atoms with Crippen LogP contribution in [0.2, 0.25) is 0 Å². The van der Waals surface area contributed by atoms with E-state index in [9.17, 15) is 22.8 Å². The third kappa shape index (κ3) is 6.14. The summed E-state index contributed by atoms with van der Waals surface area (Å²) in [5, 5.41) is 2.57. The molecular weight excluding hydrogens is 558 g/mol. The molecular formula is C28H31F4N7O3. The number of amides is 2. The van der Waals surface area contributed by atoms with Gasteiger partial charge in [-0.25, -0.2) is 19.4 Å². The van der Waals surface area contributed by atoms with Crippen molar-refractivity contribution < 1.29 is 31.9 Å². The number of rotatable bonds is 5. The number of hydrogen-bond donors (Lipinski definition) is 1. The molecule has 5 rings (SSSR count). The van der Waals surface area contributed by atoms with Crippen molar-refractivity contribution in [2.75, 3.05) is 61.6 Å². The Morgan fingerprint density at radius 3 is 2.31 bits per heavy atom. The van der Waals surface area contributed by atoms with Crippen LogP contribution >= 0.6 is 0 Å². The number of likely N-dealkylation sites (N-methyl/N-ethyl adjacent to an activating group) is 1. The van der Waals surface area contributed by atoms with Gasteiger partial charge >= 0.3 is 6.18 Å². The van der Waals surface area contributed by atoms with Gasteiger partial charge in [0.2, 0.25) is 11.9 Å². The zero-order valence-electron chi connectivity index (χ0n) is 23.4. The molecule has 1 N–H and O–H groups in total. The Balaban J connectivity index is 1.51. The lowest BCUT2D eigenvalue weighted by atomic mass is 9.95. The Hall–Kier alpha value is -3.91. The summed E-state index contributed by atoms with van der Waals surface area (Å²) in [5.41, 5.74) is -0.491. The Bertz CT molecular complexity index is 1400. The van der Waals surface area contributed by atoms with Crippen molar-refractivity contribution in [3.63, 3.8) is 0 Å². The minimum Gasteiger partial charge on any atom is -0.378 e. The second-order valence-corrected chi connectivity index (χ2v) is 10.7. The minimum atomic E-state index is -4.93. The molecule has 1 aromatic carbocycles. The van der Waals surface area contributed by atoms with Crippen LogP contribution in [-0.4, -0.2) is 97.6 Å². The normalized spacial score (nSPS) is 23.6. The standard InChI is InChI=1S/C28H31F4N7O3/c1-16-14-39(15-17(2)37(16)3)24-10-22(29)19(18-11-34-27(35-12-18)38-4-6-42-7-5-38)8-23(24)36-26(41)20-13-33-25(40)9-21(20)28(30,31)32/h8-13,16-17,20H,4-7,14-15H2,1-3H3,(H,36,41)/t16-,17+,20?. The lowest BCUT2D eigenvalue weighted by Crippen LogP contribution is -2.55. The molecule has 0 saturated carbocycles. The molecule has 0 aliphatic carbocycles. The van der Waals surface area contributed by atoms with Crippen molar-refractivity contribution in [3.05, 3.63) is 42.0 Å². The van der Waals surface area contributed by atoms with Gasteiger partial charge in [-0.2, -0.15) is 13.2 Å². The number of morpholine rings is 1. The molecule has 3 aliphatic heterocycles. The molecule has 42 heavy (non-hydrogen) atoms. The highest BCUT2D eigenvalue weighted by Crippen LogP contribution is 2.38. The number of aromatic nitrogens is 2. The van der Waals surface area contributed by atoms with Gasteiger partial charge in [0.25, 0.3) is 5.91 Å². The minimum absolute atomic E-state index is 0.0666. The van der Waals surface area contributed by atoms with E-state index in [1.807, 2.05) is 30.7 Å². The van der Waals surface area contributed by atoms with Crippen molar-refractivity contribution in [1.29, 1.82) is 0 Å². The molecule has 2 aromatic rings. The highest BCUT2D eigenvalue weighted by molar-refractivity contribution is 6.11. The van der Waals surface area contributed by atoms with Crippen LogP contribution in [0.3, 0.4) is 0 Å². The van der Waals surface area contributed by atoms with E-state index in [2.05, 4.69) is 25.2 Å². The second-order valence-electron chi connectivity index (χ2n) is 10.7. The van der Waals surface area contributed by atoms with Crippen LogP contribution in [0, 0.1) is 11.7 Å². The summed E-state index contributed by atoms with van der Waals surface area (Å²) in [7, 11) is 1.98. The molecule has 4 heterocycles. The molecule has 2 amide bonds. The zero-order valence-corrected chi connectivity index (χ0v) is 23.4. The Morgan fingerprint density at radius 1 is 1.05 bits per heavy atom. The lowest BCUT2D eigenvalue weighted by Gasteiger charge is -2.44. The fourth-order valence-electron chi connectivity index (χ4n) is 5.30. The second kappa shape index (κ2) is 11.8. The Morgan fingerprint density at radius 2 is 1.69 bits per heavy atom. The van der Waals surface area contributed by atoms with E-state index in [-0.39, 0.29) is 23.3 Å². The predicted molar refractivity (Wildman–Crippen MR) is 149 cm³/mol. The van der Waals surface area contributed by atoms with E-state index < -0.39 is 35.3 Å². The molecule has 2 saturated heterocycles. The molecule has 1 unspecified atom stereocenters. The number of halogens is 4. The first-order valence-corrected chi connectivity index (χ1v) is 13.6. The highest BCUT2D eigenvalue weighted by atomic mass is 19.4. The van der Waals surface area contributed by atoms with Crippen molar-refractivity contribution in [1.82, 2.24) is 14.9 Å². The van der Waals surface area contributed by atoms with Crippen molar-refractivity contribution in [2.45, 2.75) is 32.1 Å². The summed E-state index contributed by atoms with van der Waals surface area (Å²) in [6.45, 7) is 7.32. The average Bonchev–Trinajstić information content (AvgIpc) is 2.96. The summed E-state index contributed by atoms with van der Waals surface area (Å²) in [6, 6.07) is 2.81. The van der Waals surface area contributed by atoms with Crippen LogP contribution in [0.5, 0.6) is 0 Å². The number of benzene rings is 1. The predicted octanol–water partition coefficient (Wildman–Crippen LogP) is 3.30. The number of anilines is 3. The maximum absolute atomic E-state index is 15.7. The van der Waals surface area contributed by atoms with Gasteiger partial charge in [0, 0.05) is 74.1 Å².